The lowest BCUT2D eigenvalue weighted by Crippen LogP contribution is -2.35. The van der Waals surface area contributed by atoms with E-state index in [4.69, 9.17) is 19.2 Å². The van der Waals surface area contributed by atoms with Crippen LogP contribution >= 0.6 is 0 Å². The summed E-state index contributed by atoms with van der Waals surface area (Å²) < 4.78 is 17.2. The molecule has 2 atom stereocenters. The number of fused-ring (bicyclic) bond motifs is 4. The molecule has 0 saturated heterocycles. The average Bonchev–Trinajstić information content (AvgIpc) is 3.28. The van der Waals surface area contributed by atoms with Crippen molar-refractivity contribution < 1.29 is 38.5 Å². The fraction of sp³-hybridized carbons (Fsp3) is 0.265. The molecule has 2 aromatic carbocycles. The number of carbonyl (C=O) groups excluding carboxylic acids is 3. The molecule has 0 spiro atoms. The van der Waals surface area contributed by atoms with Crippen LogP contribution in [0.5, 0.6) is 23.3 Å². The van der Waals surface area contributed by atoms with E-state index >= 15 is 0 Å². The maximum Gasteiger partial charge on any atom is 0.312 e. The van der Waals surface area contributed by atoms with Gasteiger partial charge in [0.2, 0.25) is 11.8 Å². The van der Waals surface area contributed by atoms with Gasteiger partial charge < -0.3 is 29.1 Å². The van der Waals surface area contributed by atoms with Crippen LogP contribution in [0.2, 0.25) is 0 Å². The molecule has 0 fully saturated rings. The van der Waals surface area contributed by atoms with Crippen molar-refractivity contribution in [2.75, 3.05) is 35.3 Å². The van der Waals surface area contributed by atoms with Crippen molar-refractivity contribution in [1.82, 2.24) is 29.7 Å². The maximum absolute atomic E-state index is 12.6. The van der Waals surface area contributed by atoms with E-state index in [1.54, 1.807) is 97.2 Å². The zero-order valence-corrected chi connectivity index (χ0v) is 36.5. The molecule has 6 heterocycles. The minimum Gasteiger partial charge on any atom is -0.481 e. The van der Waals surface area contributed by atoms with Crippen LogP contribution < -0.4 is 9.47 Å². The fourth-order valence-electron chi connectivity index (χ4n) is 7.94. The van der Waals surface area contributed by atoms with E-state index in [2.05, 4.69) is 15.0 Å². The van der Waals surface area contributed by atoms with Gasteiger partial charge in [-0.3, -0.25) is 29.1 Å². The monoisotopic (exact) mass is 848 g/mol. The number of aromatic nitrogens is 4. The summed E-state index contributed by atoms with van der Waals surface area (Å²) in [5, 5.41) is 9.88. The molecule has 2 aliphatic rings. The number of carboxylic acid groups (broad SMARTS) is 1. The molecule has 14 heteroatoms. The summed E-state index contributed by atoms with van der Waals surface area (Å²) in [5.41, 5.74) is 5.49. The largest absolute Gasteiger partial charge is 0.481 e. The van der Waals surface area contributed by atoms with Crippen LogP contribution in [0.25, 0.3) is 22.5 Å². The molecule has 4 aromatic heterocycles. The van der Waals surface area contributed by atoms with Crippen LogP contribution in [-0.4, -0.2) is 93.9 Å². The van der Waals surface area contributed by atoms with Crippen LogP contribution in [0.4, 0.5) is 0 Å². The number of nitrogens with zero attached hydrogens (tertiary/aromatic N) is 6. The lowest BCUT2D eigenvalue weighted by molar-refractivity contribution is -0.151. The predicted octanol–water partition coefficient (Wildman–Crippen LogP) is 8.48. The molecule has 63 heavy (non-hydrogen) atoms. The van der Waals surface area contributed by atoms with Crippen molar-refractivity contribution in [1.29, 1.82) is 0 Å². The molecule has 0 saturated carbocycles. The summed E-state index contributed by atoms with van der Waals surface area (Å²) in [5.74, 6) is -0.228. The molecule has 1 N–H and O–H groups in total. The van der Waals surface area contributed by atoms with Gasteiger partial charge in [0.1, 0.15) is 0 Å². The van der Waals surface area contributed by atoms with Gasteiger partial charge in [-0.05, 0) is 76.2 Å². The summed E-state index contributed by atoms with van der Waals surface area (Å²) >= 11 is 0. The van der Waals surface area contributed by atoms with Crippen molar-refractivity contribution >= 4 is 23.8 Å². The topological polar surface area (TPSA) is 174 Å². The standard InChI is InChI=1S/C25H25N3O4.C24H23N3O4/c1-25(2,24(30)31-5)21-17-12-13-26-14-20(17)32-22-18(21)10-11-19(27-22)15-6-8-16(9-7-15)23(29)28(3)4;1-24(2,23(29)30)20-16-11-12-25-13-19(16)31-21-17(20)9-10-18(26-21)14-5-7-15(8-6-14)22(28)27(3)4/h6-14,21H,1-5H3;5-13,20H,1-4H3,(H,29,30). The van der Waals surface area contributed by atoms with Crippen LogP contribution in [0.3, 0.4) is 0 Å². The van der Waals surface area contributed by atoms with E-state index in [1.165, 1.54) is 16.9 Å². The highest BCUT2D eigenvalue weighted by molar-refractivity contribution is 5.95. The number of aliphatic carboxylic acids is 1. The number of hydrogen-bond acceptors (Lipinski definition) is 11. The van der Waals surface area contributed by atoms with Crippen molar-refractivity contribution in [3.8, 4) is 45.8 Å². The first-order valence-electron chi connectivity index (χ1n) is 20.1. The zero-order chi connectivity index (χ0) is 45.4. The molecule has 2 unspecified atom stereocenters. The Labute approximate surface area is 365 Å². The third-order valence-electron chi connectivity index (χ3n) is 11.4. The van der Waals surface area contributed by atoms with Gasteiger partial charge in [-0.2, -0.15) is 0 Å². The highest BCUT2D eigenvalue weighted by atomic mass is 16.5. The lowest BCUT2D eigenvalue weighted by Gasteiger charge is -2.36. The van der Waals surface area contributed by atoms with Gasteiger partial charge >= 0.3 is 11.9 Å². The quantitative estimate of drug-likeness (QED) is 0.145. The average molecular weight is 849 g/mol. The number of carbonyl (C=O) groups is 4. The Morgan fingerprint density at radius 2 is 0.968 bits per heavy atom. The Morgan fingerprint density at radius 3 is 1.33 bits per heavy atom. The van der Waals surface area contributed by atoms with E-state index in [-0.39, 0.29) is 23.7 Å². The van der Waals surface area contributed by atoms with Crippen LogP contribution in [-0.2, 0) is 14.3 Å². The number of amides is 2. The van der Waals surface area contributed by atoms with E-state index in [9.17, 15) is 24.3 Å². The van der Waals surface area contributed by atoms with Crippen LogP contribution in [0, 0.1) is 10.8 Å². The Kier molecular flexibility index (Phi) is 11.8. The SMILES string of the molecule is CN(C)C(=O)c1ccc(-c2ccc3c(n2)Oc2cnccc2C3C(C)(C)C(=O)O)cc1.COC(=O)C(C)(C)C1c2ccncc2Oc2nc(-c3ccc(C(=O)N(C)C)cc3)ccc21. The summed E-state index contributed by atoms with van der Waals surface area (Å²) in [4.78, 5) is 69.7. The number of hydrogen-bond donors (Lipinski definition) is 1. The van der Waals surface area contributed by atoms with Crippen molar-refractivity contribution in [2.24, 2.45) is 10.8 Å². The van der Waals surface area contributed by atoms with Gasteiger partial charge in [0.15, 0.2) is 11.5 Å². The molecule has 6 aromatic rings. The molecule has 2 aliphatic heterocycles. The first-order chi connectivity index (χ1) is 29.9. The first kappa shape index (κ1) is 43.6. The van der Waals surface area contributed by atoms with Gasteiger partial charge in [-0.25, -0.2) is 9.97 Å². The zero-order valence-electron chi connectivity index (χ0n) is 36.5. The lowest BCUT2D eigenvalue weighted by atomic mass is 9.70. The molecule has 322 valence electrons. The third kappa shape index (κ3) is 8.31. The van der Waals surface area contributed by atoms with Crippen molar-refractivity contribution in [3.05, 3.63) is 143 Å². The van der Waals surface area contributed by atoms with E-state index in [1.807, 2.05) is 68.4 Å². The van der Waals surface area contributed by atoms with Gasteiger partial charge in [0, 0.05) is 96.9 Å². The minimum absolute atomic E-state index is 0.0599. The Hall–Kier alpha value is -7.48. The van der Waals surface area contributed by atoms with Gasteiger partial charge in [0.05, 0.1) is 41.7 Å². The van der Waals surface area contributed by atoms with E-state index < -0.39 is 22.7 Å². The maximum atomic E-state index is 12.6. The van der Waals surface area contributed by atoms with Crippen molar-refractivity contribution in [2.45, 2.75) is 39.5 Å². The molecular weight excluding hydrogens is 801 g/mol. The highest BCUT2D eigenvalue weighted by Crippen LogP contribution is 2.53. The number of benzene rings is 2. The van der Waals surface area contributed by atoms with Gasteiger partial charge in [0.25, 0.3) is 11.8 Å². The van der Waals surface area contributed by atoms with E-state index in [0.717, 1.165) is 27.8 Å². The molecule has 2 amide bonds. The van der Waals surface area contributed by atoms with Gasteiger partial charge in [-0.15, -0.1) is 0 Å². The predicted molar refractivity (Wildman–Crippen MR) is 235 cm³/mol. The van der Waals surface area contributed by atoms with Crippen LogP contribution in [0.15, 0.2) is 110 Å². The Bertz CT molecular complexity index is 2730. The Morgan fingerprint density at radius 1 is 0.571 bits per heavy atom. The number of methoxy groups -OCH3 is 1. The van der Waals surface area contributed by atoms with Gasteiger partial charge in [-0.1, -0.05) is 36.4 Å². The molecule has 14 nitrogen and oxygen atoms in total. The summed E-state index contributed by atoms with van der Waals surface area (Å²) in [6.45, 7) is 7.12. The number of ether oxygens (including phenoxy) is 3. The second kappa shape index (κ2) is 17.1. The third-order valence-corrected chi connectivity index (χ3v) is 11.4. The molecule has 8 rings (SSSR count). The molecule has 0 bridgehead atoms. The normalized spacial score (nSPS) is 14.7. The smallest absolute Gasteiger partial charge is 0.312 e. The summed E-state index contributed by atoms with van der Waals surface area (Å²) in [7, 11) is 8.25. The van der Waals surface area contributed by atoms with Crippen molar-refractivity contribution in [3.63, 3.8) is 0 Å². The molecular formula is C49H48N6O8. The number of pyridine rings is 4. The van der Waals surface area contributed by atoms with E-state index in [0.29, 0.717) is 51.3 Å². The number of rotatable bonds is 8. The minimum atomic E-state index is -1.08. The summed E-state index contributed by atoms with van der Waals surface area (Å²) in [6, 6.07) is 25.7. The second-order valence-electron chi connectivity index (χ2n) is 16.9. The highest BCUT2D eigenvalue weighted by Gasteiger charge is 2.46. The second-order valence-corrected chi connectivity index (χ2v) is 16.9. The number of esters is 1. The first-order valence-corrected chi connectivity index (χ1v) is 20.1. The number of carboxylic acids is 1. The Balaban J connectivity index is 0.000000189. The fourth-order valence-corrected chi connectivity index (χ4v) is 7.94. The molecule has 0 radical (unpaired) electrons. The summed E-state index contributed by atoms with van der Waals surface area (Å²) in [6.07, 6.45) is 6.54. The van der Waals surface area contributed by atoms with Crippen LogP contribution in [0.1, 0.15) is 82.5 Å². The molecule has 0 aliphatic carbocycles.